The van der Waals surface area contributed by atoms with E-state index >= 15 is 0 Å². The number of hydrogen-bond donors (Lipinski definition) is 1. The summed E-state index contributed by atoms with van der Waals surface area (Å²) in [5, 5.41) is 3.11. The number of likely N-dealkylation sites (N-methyl/N-ethyl adjacent to an activating group) is 1. The molecule has 0 aliphatic carbocycles. The van der Waals surface area contributed by atoms with Crippen molar-refractivity contribution in [1.29, 1.82) is 0 Å². The van der Waals surface area contributed by atoms with Crippen LogP contribution in [0, 0.1) is 0 Å². The third-order valence-corrected chi connectivity index (χ3v) is 4.99. The molecule has 1 N–H and O–H groups in total. The van der Waals surface area contributed by atoms with Gasteiger partial charge in [0, 0.05) is 32.3 Å². The molecule has 0 unspecified atom stereocenters. The molecule has 2 atom stereocenters. The Morgan fingerprint density at radius 1 is 1.28 bits per heavy atom. The molecule has 2 heterocycles. The average Bonchev–Trinajstić information content (AvgIpc) is 2.84. The fraction of sp³-hybridized carbons (Fsp3) is 0.579. The van der Waals surface area contributed by atoms with E-state index in [-0.39, 0.29) is 30.6 Å². The molecular weight excluding hydrogens is 318 g/mol. The lowest BCUT2D eigenvalue weighted by atomic mass is 9.97. The zero-order valence-corrected chi connectivity index (χ0v) is 14.8. The minimum Gasteiger partial charge on any atom is -0.373 e. The molecule has 6 nitrogen and oxygen atoms in total. The molecule has 0 radical (unpaired) electrons. The van der Waals surface area contributed by atoms with Crippen molar-refractivity contribution in [1.82, 2.24) is 15.1 Å². The summed E-state index contributed by atoms with van der Waals surface area (Å²) in [5.41, 5.74) is 1.14. The highest BCUT2D eigenvalue weighted by Crippen LogP contribution is 2.28. The normalized spacial score (nSPS) is 24.8. The number of nitrogens with one attached hydrogen (secondary N) is 1. The molecule has 3 amide bonds. The van der Waals surface area contributed by atoms with Crippen molar-refractivity contribution in [3.05, 3.63) is 35.9 Å². The molecule has 2 fully saturated rings. The van der Waals surface area contributed by atoms with Crippen molar-refractivity contribution < 1.29 is 14.3 Å². The molecule has 0 saturated carbocycles. The average molecular weight is 345 g/mol. The standard InChI is InChI=1S/C19H27N3O3/c1-2-21-10-6-11-22(14-18(21)23)19(24)20-16-9-12-25-17(13-16)15-7-4-3-5-8-15/h3-5,7-8,16-17H,2,6,9-14H2,1H3,(H,20,24)/t16-,17+/m1/s1. The van der Waals surface area contributed by atoms with E-state index < -0.39 is 0 Å². The van der Waals surface area contributed by atoms with Crippen LogP contribution < -0.4 is 5.32 Å². The molecule has 2 aliphatic heterocycles. The minimum absolute atomic E-state index is 0.0154. The summed E-state index contributed by atoms with van der Waals surface area (Å²) in [7, 11) is 0. The summed E-state index contributed by atoms with van der Waals surface area (Å²) < 4.78 is 5.86. The van der Waals surface area contributed by atoms with Crippen molar-refractivity contribution in [3.8, 4) is 0 Å². The van der Waals surface area contributed by atoms with E-state index in [1.807, 2.05) is 30.0 Å². The largest absolute Gasteiger partial charge is 0.373 e. The Labute approximate surface area is 149 Å². The number of carbonyl (C=O) groups is 2. The fourth-order valence-electron chi connectivity index (χ4n) is 3.52. The SMILES string of the molecule is CCN1CCCN(C(=O)N[C@@H]2CCO[C@H](c3ccccc3)C2)CC1=O. The highest BCUT2D eigenvalue weighted by molar-refractivity contribution is 5.84. The van der Waals surface area contributed by atoms with Crippen molar-refractivity contribution in [2.75, 3.05) is 32.8 Å². The van der Waals surface area contributed by atoms with Crippen LogP contribution in [0.2, 0.25) is 0 Å². The molecule has 0 spiro atoms. The number of hydrogen-bond acceptors (Lipinski definition) is 3. The maximum absolute atomic E-state index is 12.6. The van der Waals surface area contributed by atoms with E-state index in [0.29, 0.717) is 19.7 Å². The van der Waals surface area contributed by atoms with Crippen molar-refractivity contribution in [3.63, 3.8) is 0 Å². The number of nitrogens with zero attached hydrogens (tertiary/aromatic N) is 2. The van der Waals surface area contributed by atoms with Crippen LogP contribution in [0.1, 0.15) is 37.9 Å². The Balaban J connectivity index is 1.56. The maximum Gasteiger partial charge on any atom is 0.318 e. The molecular formula is C19H27N3O3. The summed E-state index contributed by atoms with van der Waals surface area (Å²) in [6.45, 7) is 4.83. The first-order chi connectivity index (χ1) is 12.2. The highest BCUT2D eigenvalue weighted by Gasteiger charge is 2.28. The third-order valence-electron chi connectivity index (χ3n) is 4.99. The molecule has 136 valence electrons. The second-order valence-electron chi connectivity index (χ2n) is 6.69. The molecule has 0 aromatic heterocycles. The number of benzene rings is 1. The molecule has 3 rings (SSSR count). The van der Waals surface area contributed by atoms with E-state index in [0.717, 1.165) is 31.4 Å². The van der Waals surface area contributed by atoms with Crippen LogP contribution in [0.5, 0.6) is 0 Å². The van der Waals surface area contributed by atoms with Crippen LogP contribution in [0.25, 0.3) is 0 Å². The van der Waals surface area contributed by atoms with Gasteiger partial charge in [-0.1, -0.05) is 30.3 Å². The van der Waals surface area contributed by atoms with Gasteiger partial charge in [-0.25, -0.2) is 4.79 Å². The lowest BCUT2D eigenvalue weighted by Gasteiger charge is -2.32. The number of urea groups is 1. The zero-order chi connectivity index (χ0) is 17.6. The lowest BCUT2D eigenvalue weighted by molar-refractivity contribution is -0.130. The number of rotatable bonds is 3. The predicted molar refractivity (Wildman–Crippen MR) is 95.1 cm³/mol. The second-order valence-corrected chi connectivity index (χ2v) is 6.69. The first-order valence-electron chi connectivity index (χ1n) is 9.17. The number of amides is 3. The van der Waals surface area contributed by atoms with Crippen LogP contribution in [-0.4, -0.2) is 60.6 Å². The van der Waals surface area contributed by atoms with Gasteiger partial charge >= 0.3 is 6.03 Å². The van der Waals surface area contributed by atoms with Gasteiger partial charge in [0.2, 0.25) is 5.91 Å². The van der Waals surface area contributed by atoms with Crippen LogP contribution in [0.15, 0.2) is 30.3 Å². The van der Waals surface area contributed by atoms with Gasteiger partial charge in [0.25, 0.3) is 0 Å². The van der Waals surface area contributed by atoms with E-state index in [2.05, 4.69) is 17.4 Å². The van der Waals surface area contributed by atoms with Gasteiger partial charge in [0.15, 0.2) is 0 Å². The van der Waals surface area contributed by atoms with Gasteiger partial charge < -0.3 is 19.9 Å². The highest BCUT2D eigenvalue weighted by atomic mass is 16.5. The van der Waals surface area contributed by atoms with E-state index in [9.17, 15) is 9.59 Å². The van der Waals surface area contributed by atoms with Crippen molar-refractivity contribution >= 4 is 11.9 Å². The van der Waals surface area contributed by atoms with Gasteiger partial charge in [-0.2, -0.15) is 0 Å². The monoisotopic (exact) mass is 345 g/mol. The summed E-state index contributed by atoms with van der Waals surface area (Å²) in [5.74, 6) is 0.0317. The van der Waals surface area contributed by atoms with E-state index in [4.69, 9.17) is 4.74 Å². The molecule has 1 aromatic rings. The first kappa shape index (κ1) is 17.7. The molecule has 6 heteroatoms. The summed E-state index contributed by atoms with van der Waals surface area (Å²) in [6.07, 6.45) is 2.41. The summed E-state index contributed by atoms with van der Waals surface area (Å²) in [4.78, 5) is 28.2. The molecule has 0 bridgehead atoms. The smallest absolute Gasteiger partial charge is 0.318 e. The molecule has 1 aromatic carbocycles. The van der Waals surface area contributed by atoms with Crippen LogP contribution in [0.4, 0.5) is 4.79 Å². The third kappa shape index (κ3) is 4.51. The Morgan fingerprint density at radius 2 is 2.08 bits per heavy atom. The lowest BCUT2D eigenvalue weighted by Crippen LogP contribution is -2.49. The molecule has 25 heavy (non-hydrogen) atoms. The van der Waals surface area contributed by atoms with Gasteiger partial charge in [-0.15, -0.1) is 0 Å². The summed E-state index contributed by atoms with van der Waals surface area (Å²) in [6, 6.07) is 10.1. The number of carbonyl (C=O) groups excluding carboxylic acids is 2. The van der Waals surface area contributed by atoms with E-state index in [1.54, 1.807) is 4.90 Å². The molecule has 2 aliphatic rings. The van der Waals surface area contributed by atoms with E-state index in [1.165, 1.54) is 0 Å². The molecule has 2 saturated heterocycles. The van der Waals surface area contributed by atoms with Crippen molar-refractivity contribution in [2.45, 2.75) is 38.3 Å². The zero-order valence-electron chi connectivity index (χ0n) is 14.8. The minimum atomic E-state index is -0.134. The Hall–Kier alpha value is -2.08. The quantitative estimate of drug-likeness (QED) is 0.913. The van der Waals surface area contributed by atoms with Gasteiger partial charge in [0.05, 0.1) is 6.10 Å². The Bertz CT molecular complexity index is 593. The van der Waals surface area contributed by atoms with Gasteiger partial charge in [-0.3, -0.25) is 4.79 Å². The predicted octanol–water partition coefficient (Wildman–Crippen LogP) is 2.17. The Kier molecular flexibility index (Phi) is 5.91. The van der Waals surface area contributed by atoms with Gasteiger partial charge in [-0.05, 0) is 31.7 Å². The number of ether oxygens (including phenoxy) is 1. The maximum atomic E-state index is 12.6. The van der Waals surface area contributed by atoms with Crippen molar-refractivity contribution in [2.24, 2.45) is 0 Å². The fourth-order valence-corrected chi connectivity index (χ4v) is 3.52. The summed E-state index contributed by atoms with van der Waals surface area (Å²) >= 11 is 0. The van der Waals surface area contributed by atoms with Gasteiger partial charge in [0.1, 0.15) is 6.54 Å². The van der Waals surface area contributed by atoms with Crippen LogP contribution in [0.3, 0.4) is 0 Å². The Morgan fingerprint density at radius 3 is 2.84 bits per heavy atom. The first-order valence-corrected chi connectivity index (χ1v) is 9.17. The van der Waals surface area contributed by atoms with Crippen LogP contribution in [-0.2, 0) is 9.53 Å². The topological polar surface area (TPSA) is 61.9 Å². The van der Waals surface area contributed by atoms with Crippen LogP contribution >= 0.6 is 0 Å². The second kappa shape index (κ2) is 8.34.